The average Bonchev–Trinajstić information content (AvgIpc) is 3.10. The maximum absolute atomic E-state index is 9.26. The number of nitrogens with zero attached hydrogens (tertiary/aromatic N) is 5. The predicted octanol–water partition coefficient (Wildman–Crippen LogP) is 5.30. The number of para-hydroxylation sites is 1. The van der Waals surface area contributed by atoms with Gasteiger partial charge in [-0.05, 0) is 36.4 Å². The largest absolute Gasteiger partial charge is 0.496 e. The summed E-state index contributed by atoms with van der Waals surface area (Å²) in [7, 11) is 1.62. The van der Waals surface area contributed by atoms with Gasteiger partial charge in [0.05, 0.1) is 12.7 Å². The van der Waals surface area contributed by atoms with Gasteiger partial charge in [0.2, 0.25) is 0 Å². The number of imidazole rings is 1. The van der Waals surface area contributed by atoms with Crippen molar-refractivity contribution in [3.05, 3.63) is 78.5 Å². The fourth-order valence-electron chi connectivity index (χ4n) is 2.86. The SMILES string of the molecule is COc1ccccc1-c1nc2ccccn2c1N=Nc1ccccc1C#N. The summed E-state index contributed by atoms with van der Waals surface area (Å²) in [5, 5.41) is 18.0. The molecule has 0 amide bonds. The number of hydrogen-bond donors (Lipinski definition) is 0. The molecule has 0 spiro atoms. The average molecular weight is 353 g/mol. The molecule has 0 aliphatic heterocycles. The van der Waals surface area contributed by atoms with Crippen LogP contribution in [0.2, 0.25) is 0 Å². The van der Waals surface area contributed by atoms with Crippen LogP contribution >= 0.6 is 0 Å². The monoisotopic (exact) mass is 353 g/mol. The highest BCUT2D eigenvalue weighted by Crippen LogP contribution is 2.37. The highest BCUT2D eigenvalue weighted by atomic mass is 16.5. The molecular weight excluding hydrogens is 338 g/mol. The van der Waals surface area contributed by atoms with Crippen LogP contribution in [0.5, 0.6) is 5.75 Å². The number of nitriles is 1. The van der Waals surface area contributed by atoms with E-state index in [2.05, 4.69) is 16.3 Å². The Morgan fingerprint density at radius 2 is 1.74 bits per heavy atom. The van der Waals surface area contributed by atoms with Gasteiger partial charge in [-0.25, -0.2) is 4.98 Å². The highest BCUT2D eigenvalue weighted by molar-refractivity contribution is 5.78. The summed E-state index contributed by atoms with van der Waals surface area (Å²) in [6, 6.07) is 22.6. The second-order valence-electron chi connectivity index (χ2n) is 5.74. The molecule has 6 heteroatoms. The Bertz CT molecular complexity index is 1190. The van der Waals surface area contributed by atoms with Crippen LogP contribution in [0.1, 0.15) is 5.56 Å². The minimum atomic E-state index is 0.467. The summed E-state index contributed by atoms with van der Waals surface area (Å²) in [6.07, 6.45) is 1.88. The van der Waals surface area contributed by atoms with E-state index in [4.69, 9.17) is 9.72 Å². The van der Waals surface area contributed by atoms with E-state index in [1.165, 1.54) is 0 Å². The van der Waals surface area contributed by atoms with Crippen LogP contribution in [-0.4, -0.2) is 16.5 Å². The van der Waals surface area contributed by atoms with Crippen molar-refractivity contribution in [1.29, 1.82) is 5.26 Å². The van der Waals surface area contributed by atoms with Crippen LogP contribution in [-0.2, 0) is 0 Å². The van der Waals surface area contributed by atoms with Crippen LogP contribution in [0, 0.1) is 11.3 Å². The third kappa shape index (κ3) is 3.02. The lowest BCUT2D eigenvalue weighted by molar-refractivity contribution is 0.416. The van der Waals surface area contributed by atoms with Gasteiger partial charge in [0.25, 0.3) is 0 Å². The fraction of sp³-hybridized carbons (Fsp3) is 0.0476. The second-order valence-corrected chi connectivity index (χ2v) is 5.74. The lowest BCUT2D eigenvalue weighted by atomic mass is 10.1. The van der Waals surface area contributed by atoms with Crippen molar-refractivity contribution < 1.29 is 4.74 Å². The number of ether oxygens (including phenoxy) is 1. The number of aromatic nitrogens is 2. The maximum Gasteiger partial charge on any atom is 0.187 e. The van der Waals surface area contributed by atoms with Gasteiger partial charge in [0.1, 0.15) is 28.8 Å². The van der Waals surface area contributed by atoms with E-state index in [-0.39, 0.29) is 0 Å². The minimum Gasteiger partial charge on any atom is -0.496 e. The van der Waals surface area contributed by atoms with E-state index in [1.54, 1.807) is 25.3 Å². The number of hydrogen-bond acceptors (Lipinski definition) is 5. The van der Waals surface area contributed by atoms with Crippen LogP contribution in [0.4, 0.5) is 11.5 Å². The molecular formula is C21H15N5O. The third-order valence-corrected chi connectivity index (χ3v) is 4.14. The quantitative estimate of drug-likeness (QED) is 0.467. The number of pyridine rings is 1. The standard InChI is InChI=1S/C21H15N5O/c1-27-18-11-5-3-9-16(18)20-21(26-13-7-6-12-19(26)23-20)25-24-17-10-4-2-8-15(17)14-22/h2-13H,1H3. The van der Waals surface area contributed by atoms with Crippen LogP contribution in [0.15, 0.2) is 83.2 Å². The van der Waals surface area contributed by atoms with Crippen molar-refractivity contribution in [2.45, 2.75) is 0 Å². The highest BCUT2D eigenvalue weighted by Gasteiger charge is 2.17. The Morgan fingerprint density at radius 3 is 2.59 bits per heavy atom. The molecule has 2 aromatic carbocycles. The molecule has 0 aliphatic rings. The number of azo groups is 1. The summed E-state index contributed by atoms with van der Waals surface area (Å²) in [4.78, 5) is 4.71. The molecule has 0 atom stereocenters. The van der Waals surface area contributed by atoms with E-state index in [1.807, 2.05) is 59.1 Å². The topological polar surface area (TPSA) is 75.0 Å². The molecule has 4 aromatic rings. The summed E-state index contributed by atoms with van der Waals surface area (Å²) in [6.45, 7) is 0. The van der Waals surface area contributed by atoms with Crippen molar-refractivity contribution >= 4 is 17.2 Å². The first-order valence-electron chi connectivity index (χ1n) is 8.33. The van der Waals surface area contributed by atoms with Gasteiger partial charge in [-0.2, -0.15) is 5.26 Å². The van der Waals surface area contributed by atoms with Crippen molar-refractivity contribution in [3.8, 4) is 23.1 Å². The summed E-state index contributed by atoms with van der Waals surface area (Å²) in [5.41, 5.74) is 3.22. The summed E-state index contributed by atoms with van der Waals surface area (Å²) < 4.78 is 7.35. The molecule has 0 radical (unpaired) electrons. The van der Waals surface area contributed by atoms with Gasteiger partial charge in [-0.15, -0.1) is 10.2 Å². The van der Waals surface area contributed by atoms with Crippen molar-refractivity contribution in [2.75, 3.05) is 7.11 Å². The predicted molar refractivity (Wildman–Crippen MR) is 103 cm³/mol. The number of benzene rings is 2. The Morgan fingerprint density at radius 1 is 0.963 bits per heavy atom. The third-order valence-electron chi connectivity index (χ3n) is 4.14. The van der Waals surface area contributed by atoms with E-state index in [0.29, 0.717) is 28.5 Å². The number of methoxy groups -OCH3 is 1. The van der Waals surface area contributed by atoms with Crippen LogP contribution < -0.4 is 4.74 Å². The van der Waals surface area contributed by atoms with Gasteiger partial charge in [0.15, 0.2) is 5.82 Å². The first-order chi connectivity index (χ1) is 13.3. The molecule has 0 saturated heterocycles. The molecule has 0 saturated carbocycles. The summed E-state index contributed by atoms with van der Waals surface area (Å²) in [5.74, 6) is 1.28. The van der Waals surface area contributed by atoms with Gasteiger partial charge in [0, 0.05) is 11.8 Å². The first-order valence-corrected chi connectivity index (χ1v) is 8.33. The minimum absolute atomic E-state index is 0.467. The molecule has 130 valence electrons. The van der Waals surface area contributed by atoms with Gasteiger partial charge in [-0.3, -0.25) is 4.40 Å². The smallest absolute Gasteiger partial charge is 0.187 e. The van der Waals surface area contributed by atoms with Crippen LogP contribution in [0.3, 0.4) is 0 Å². The van der Waals surface area contributed by atoms with E-state index < -0.39 is 0 Å². The lowest BCUT2D eigenvalue weighted by Crippen LogP contribution is -1.88. The molecule has 4 rings (SSSR count). The van der Waals surface area contributed by atoms with E-state index >= 15 is 0 Å². The molecule has 0 bridgehead atoms. The zero-order valence-electron chi connectivity index (χ0n) is 14.6. The van der Waals surface area contributed by atoms with Gasteiger partial charge < -0.3 is 4.74 Å². The zero-order valence-corrected chi connectivity index (χ0v) is 14.6. The lowest BCUT2D eigenvalue weighted by Gasteiger charge is -2.06. The molecule has 0 fully saturated rings. The molecule has 0 aliphatic carbocycles. The fourth-order valence-corrected chi connectivity index (χ4v) is 2.86. The van der Waals surface area contributed by atoms with Crippen molar-refractivity contribution in [2.24, 2.45) is 10.2 Å². The van der Waals surface area contributed by atoms with Gasteiger partial charge >= 0.3 is 0 Å². The maximum atomic E-state index is 9.26. The normalized spacial score (nSPS) is 11.0. The molecule has 27 heavy (non-hydrogen) atoms. The molecule has 6 nitrogen and oxygen atoms in total. The van der Waals surface area contributed by atoms with E-state index in [0.717, 1.165) is 11.2 Å². The Kier molecular flexibility index (Phi) is 4.33. The Balaban J connectivity index is 1.92. The molecule has 2 heterocycles. The van der Waals surface area contributed by atoms with Gasteiger partial charge in [-0.1, -0.05) is 30.3 Å². The van der Waals surface area contributed by atoms with E-state index in [9.17, 15) is 5.26 Å². The number of rotatable bonds is 4. The van der Waals surface area contributed by atoms with Crippen molar-refractivity contribution in [1.82, 2.24) is 9.38 Å². The molecule has 2 aromatic heterocycles. The van der Waals surface area contributed by atoms with Crippen LogP contribution in [0.25, 0.3) is 16.9 Å². The Labute approximate surface area is 156 Å². The first kappa shape index (κ1) is 16.5. The second kappa shape index (κ2) is 7.10. The summed E-state index contributed by atoms with van der Waals surface area (Å²) >= 11 is 0. The Hall–Kier alpha value is -3.98. The van der Waals surface area contributed by atoms with Crippen molar-refractivity contribution in [3.63, 3.8) is 0 Å². The molecule has 0 unspecified atom stereocenters. The zero-order chi connectivity index (χ0) is 18.6. The number of fused-ring (bicyclic) bond motifs is 1. The molecule has 0 N–H and O–H groups in total.